The number of aryl methyl sites for hydroxylation is 1. The van der Waals surface area contributed by atoms with E-state index in [0.717, 1.165) is 19.3 Å². The van der Waals surface area contributed by atoms with Crippen LogP contribution in [0.4, 0.5) is 5.82 Å². The van der Waals surface area contributed by atoms with Crippen molar-refractivity contribution < 1.29 is 0 Å². The van der Waals surface area contributed by atoms with Gasteiger partial charge in [-0.05, 0) is 19.8 Å². The summed E-state index contributed by atoms with van der Waals surface area (Å²) < 4.78 is 1.65. The van der Waals surface area contributed by atoms with Gasteiger partial charge in [0.1, 0.15) is 0 Å². The molecule has 0 amide bonds. The van der Waals surface area contributed by atoms with E-state index in [1.54, 1.807) is 17.0 Å². The Hall–Kier alpha value is -1.03. The van der Waals surface area contributed by atoms with Crippen LogP contribution in [-0.2, 0) is 6.54 Å². The number of nitrogens with zero attached hydrogens (tertiary/aromatic N) is 2. The topological polar surface area (TPSA) is 46.9 Å². The van der Waals surface area contributed by atoms with E-state index < -0.39 is 0 Å². The Balaban J connectivity index is 2.15. The van der Waals surface area contributed by atoms with E-state index in [1.165, 1.54) is 12.8 Å². The van der Waals surface area contributed by atoms with Crippen molar-refractivity contribution in [1.29, 1.82) is 0 Å². The van der Waals surface area contributed by atoms with Crippen molar-refractivity contribution >= 4 is 17.4 Å². The molecule has 100 valence electrons. The number of aromatic nitrogens is 2. The Morgan fingerprint density at radius 3 is 3.00 bits per heavy atom. The van der Waals surface area contributed by atoms with Gasteiger partial charge < -0.3 is 9.88 Å². The van der Waals surface area contributed by atoms with Crippen LogP contribution in [0.5, 0.6) is 0 Å². The minimum Gasteiger partial charge on any atom is -0.361 e. The molecule has 18 heavy (non-hydrogen) atoms. The predicted molar refractivity (Wildman–Crippen MR) is 74.3 cm³/mol. The minimum atomic E-state index is -0.0619. The number of hydrogen-bond acceptors (Lipinski definition) is 3. The summed E-state index contributed by atoms with van der Waals surface area (Å²) in [6, 6.07) is 0.155. The molecule has 1 aromatic heterocycles. The second-order valence-corrected chi connectivity index (χ2v) is 5.33. The number of rotatable bonds is 3. The number of anilines is 1. The molecule has 4 nitrogen and oxygen atoms in total. The molecule has 1 fully saturated rings. The molecule has 1 saturated carbocycles. The van der Waals surface area contributed by atoms with Gasteiger partial charge in [-0.15, -0.1) is 11.6 Å². The van der Waals surface area contributed by atoms with Crippen LogP contribution in [-0.4, -0.2) is 21.0 Å². The molecular formula is C13H20ClN3O. The largest absolute Gasteiger partial charge is 0.361 e. The van der Waals surface area contributed by atoms with E-state index >= 15 is 0 Å². The maximum Gasteiger partial charge on any atom is 0.293 e. The lowest BCUT2D eigenvalue weighted by atomic mass is 10.1. The summed E-state index contributed by atoms with van der Waals surface area (Å²) in [6.45, 7) is 2.60. The van der Waals surface area contributed by atoms with E-state index in [0.29, 0.717) is 12.4 Å². The zero-order valence-corrected chi connectivity index (χ0v) is 11.5. The summed E-state index contributed by atoms with van der Waals surface area (Å²) in [5.41, 5.74) is -0.0619. The molecule has 0 radical (unpaired) electrons. The maximum absolute atomic E-state index is 12.1. The molecule has 1 aromatic rings. The monoisotopic (exact) mass is 269 g/mol. The fourth-order valence-electron chi connectivity index (χ4n) is 2.40. The van der Waals surface area contributed by atoms with Crippen LogP contribution in [0.3, 0.4) is 0 Å². The molecule has 5 heteroatoms. The normalized spacial score (nSPS) is 24.6. The zero-order valence-electron chi connectivity index (χ0n) is 10.7. The van der Waals surface area contributed by atoms with Gasteiger partial charge in [-0.2, -0.15) is 0 Å². The van der Waals surface area contributed by atoms with Crippen LogP contribution in [0, 0.1) is 0 Å². The average molecular weight is 270 g/mol. The second kappa shape index (κ2) is 6.23. The van der Waals surface area contributed by atoms with Crippen LogP contribution in [0.1, 0.15) is 39.0 Å². The Bertz CT molecular complexity index is 446. The van der Waals surface area contributed by atoms with Crippen molar-refractivity contribution in [3.8, 4) is 0 Å². The molecular weight excluding hydrogens is 250 g/mol. The highest BCUT2D eigenvalue weighted by molar-refractivity contribution is 6.21. The molecule has 2 unspecified atom stereocenters. The quantitative estimate of drug-likeness (QED) is 0.678. The van der Waals surface area contributed by atoms with Gasteiger partial charge in [-0.25, -0.2) is 4.98 Å². The number of halogens is 1. The van der Waals surface area contributed by atoms with Gasteiger partial charge in [-0.3, -0.25) is 4.79 Å². The summed E-state index contributed by atoms with van der Waals surface area (Å²) in [4.78, 5) is 16.2. The lowest BCUT2D eigenvalue weighted by Gasteiger charge is -2.21. The third-order valence-corrected chi connectivity index (χ3v) is 4.03. The summed E-state index contributed by atoms with van der Waals surface area (Å²) >= 11 is 6.36. The van der Waals surface area contributed by atoms with Crippen molar-refractivity contribution in [2.24, 2.45) is 0 Å². The van der Waals surface area contributed by atoms with E-state index in [2.05, 4.69) is 10.3 Å². The van der Waals surface area contributed by atoms with Gasteiger partial charge in [0.2, 0.25) is 0 Å². The average Bonchev–Trinajstić information content (AvgIpc) is 2.57. The fourth-order valence-corrected chi connectivity index (χ4v) is 2.74. The van der Waals surface area contributed by atoms with Crippen LogP contribution in [0.25, 0.3) is 0 Å². The summed E-state index contributed by atoms with van der Waals surface area (Å²) in [7, 11) is 0. The summed E-state index contributed by atoms with van der Waals surface area (Å²) in [6.07, 6.45) is 8.95. The van der Waals surface area contributed by atoms with Crippen molar-refractivity contribution in [2.75, 3.05) is 5.32 Å². The van der Waals surface area contributed by atoms with Crippen molar-refractivity contribution in [3.05, 3.63) is 22.7 Å². The molecule has 1 N–H and O–H groups in total. The third-order valence-electron chi connectivity index (χ3n) is 3.51. The Morgan fingerprint density at radius 2 is 2.22 bits per heavy atom. The highest BCUT2D eigenvalue weighted by Gasteiger charge is 2.22. The van der Waals surface area contributed by atoms with E-state index in [9.17, 15) is 4.79 Å². The first kappa shape index (κ1) is 13.4. The molecule has 2 atom stereocenters. The first-order valence-electron chi connectivity index (χ1n) is 6.68. The SMILES string of the molecule is CCn1ccnc(NC2CCCCCC2Cl)c1=O. The maximum atomic E-state index is 12.1. The number of alkyl halides is 1. The Labute approximate surface area is 112 Å². The molecule has 0 aliphatic heterocycles. The van der Waals surface area contributed by atoms with Gasteiger partial charge in [-0.1, -0.05) is 19.3 Å². The smallest absolute Gasteiger partial charge is 0.293 e. The van der Waals surface area contributed by atoms with Gasteiger partial charge in [0, 0.05) is 25.0 Å². The van der Waals surface area contributed by atoms with Crippen LogP contribution in [0.15, 0.2) is 17.2 Å². The third kappa shape index (κ3) is 3.05. The predicted octanol–water partition coefficient (Wildman–Crippen LogP) is 2.62. The zero-order chi connectivity index (χ0) is 13.0. The fraction of sp³-hybridized carbons (Fsp3) is 0.692. The van der Waals surface area contributed by atoms with Gasteiger partial charge in [0.25, 0.3) is 5.56 Å². The molecule has 0 saturated heterocycles. The lowest BCUT2D eigenvalue weighted by Crippen LogP contribution is -2.33. The first-order valence-corrected chi connectivity index (χ1v) is 7.12. The highest BCUT2D eigenvalue weighted by Crippen LogP contribution is 2.24. The van der Waals surface area contributed by atoms with Gasteiger partial charge in [0.15, 0.2) is 5.82 Å². The minimum absolute atomic E-state index is 0.0619. The van der Waals surface area contributed by atoms with Gasteiger partial charge >= 0.3 is 0 Å². The Morgan fingerprint density at radius 1 is 1.44 bits per heavy atom. The van der Waals surface area contributed by atoms with E-state index in [-0.39, 0.29) is 17.0 Å². The molecule has 2 rings (SSSR count). The van der Waals surface area contributed by atoms with E-state index in [1.807, 2.05) is 6.92 Å². The number of nitrogens with one attached hydrogen (secondary N) is 1. The number of hydrogen-bond donors (Lipinski definition) is 1. The van der Waals surface area contributed by atoms with Crippen LogP contribution in [0.2, 0.25) is 0 Å². The first-order chi connectivity index (χ1) is 8.72. The second-order valence-electron chi connectivity index (χ2n) is 4.77. The van der Waals surface area contributed by atoms with Crippen molar-refractivity contribution in [3.63, 3.8) is 0 Å². The standard InChI is InChI=1S/C13H20ClN3O/c1-2-17-9-8-15-12(13(17)18)16-11-7-5-3-4-6-10(11)14/h8-11H,2-7H2,1H3,(H,15,16). The molecule has 0 aromatic carbocycles. The van der Waals surface area contributed by atoms with E-state index in [4.69, 9.17) is 11.6 Å². The van der Waals surface area contributed by atoms with Crippen LogP contribution >= 0.6 is 11.6 Å². The summed E-state index contributed by atoms with van der Waals surface area (Å²) in [5.74, 6) is 0.428. The molecule has 1 heterocycles. The molecule has 0 bridgehead atoms. The molecule has 1 aliphatic rings. The van der Waals surface area contributed by atoms with Gasteiger partial charge in [0.05, 0.1) is 5.38 Å². The van der Waals surface area contributed by atoms with Crippen molar-refractivity contribution in [2.45, 2.75) is 57.0 Å². The summed E-state index contributed by atoms with van der Waals surface area (Å²) in [5, 5.41) is 3.32. The Kier molecular flexibility index (Phi) is 4.64. The van der Waals surface area contributed by atoms with Crippen molar-refractivity contribution in [1.82, 2.24) is 9.55 Å². The lowest BCUT2D eigenvalue weighted by molar-refractivity contribution is 0.619. The molecule has 0 spiro atoms. The molecule has 1 aliphatic carbocycles. The highest BCUT2D eigenvalue weighted by atomic mass is 35.5. The van der Waals surface area contributed by atoms with Crippen LogP contribution < -0.4 is 10.9 Å².